The first-order chi connectivity index (χ1) is 10.5. The number of thioether (sulfide) groups is 1. The number of nitro benzene ring substituents is 1. The summed E-state index contributed by atoms with van der Waals surface area (Å²) in [6.45, 7) is 3.85. The summed E-state index contributed by atoms with van der Waals surface area (Å²) in [6.07, 6.45) is 0. The first kappa shape index (κ1) is 15.9. The number of tetrazole rings is 1. The maximum Gasteiger partial charge on any atom is 0.292 e. The van der Waals surface area contributed by atoms with E-state index >= 15 is 0 Å². The molecule has 0 bridgehead atoms. The third kappa shape index (κ3) is 3.79. The number of amides is 1. The lowest BCUT2D eigenvalue weighted by Crippen LogP contribution is -2.16. The van der Waals surface area contributed by atoms with Crippen molar-refractivity contribution in [1.82, 2.24) is 20.2 Å². The van der Waals surface area contributed by atoms with Crippen LogP contribution in [0.5, 0.6) is 0 Å². The maximum atomic E-state index is 11.9. The van der Waals surface area contributed by atoms with Crippen LogP contribution in [0, 0.1) is 10.1 Å². The molecule has 9 nitrogen and oxygen atoms in total. The van der Waals surface area contributed by atoms with Gasteiger partial charge in [0.05, 0.1) is 16.7 Å². The summed E-state index contributed by atoms with van der Waals surface area (Å²) in [5.74, 6) is -0.309. The van der Waals surface area contributed by atoms with Crippen LogP contribution in [-0.4, -0.2) is 36.8 Å². The molecule has 2 rings (SSSR count). The van der Waals surface area contributed by atoms with Crippen molar-refractivity contribution in [3.63, 3.8) is 0 Å². The zero-order valence-corrected chi connectivity index (χ0v) is 12.8. The Morgan fingerprint density at radius 1 is 1.45 bits per heavy atom. The smallest absolute Gasteiger partial charge is 0.292 e. The van der Waals surface area contributed by atoms with Gasteiger partial charge in [-0.05, 0) is 30.3 Å². The average Bonchev–Trinajstić information content (AvgIpc) is 2.94. The molecule has 0 aliphatic carbocycles. The first-order valence-corrected chi connectivity index (χ1v) is 7.41. The molecule has 0 saturated heterocycles. The third-order valence-electron chi connectivity index (χ3n) is 2.66. The zero-order chi connectivity index (χ0) is 16.1. The summed E-state index contributed by atoms with van der Waals surface area (Å²) in [4.78, 5) is 22.3. The van der Waals surface area contributed by atoms with Crippen LogP contribution >= 0.6 is 11.8 Å². The van der Waals surface area contributed by atoms with E-state index in [1.807, 2.05) is 13.8 Å². The van der Waals surface area contributed by atoms with Gasteiger partial charge in [-0.15, -0.1) is 5.10 Å². The number of hydrogen-bond donors (Lipinski definition) is 1. The van der Waals surface area contributed by atoms with Gasteiger partial charge in [-0.1, -0.05) is 23.9 Å². The molecule has 1 aromatic carbocycles. The molecule has 1 N–H and O–H groups in total. The Hall–Kier alpha value is -2.49. The van der Waals surface area contributed by atoms with Gasteiger partial charge in [0.1, 0.15) is 5.69 Å². The molecule has 1 amide bonds. The molecule has 1 heterocycles. The number of nitrogens with zero attached hydrogens (tertiary/aromatic N) is 5. The van der Waals surface area contributed by atoms with Gasteiger partial charge in [0.2, 0.25) is 11.1 Å². The lowest BCUT2D eigenvalue weighted by atomic mass is 10.2. The SMILES string of the molecule is CC(C)n1nnnc1SCC(=O)Nc1ccccc1[N+](=O)[O-]. The minimum Gasteiger partial charge on any atom is -0.320 e. The fourth-order valence-corrected chi connectivity index (χ4v) is 2.47. The molecule has 116 valence electrons. The molecule has 0 radical (unpaired) electrons. The molecule has 0 saturated carbocycles. The summed E-state index contributed by atoms with van der Waals surface area (Å²) in [5, 5.41) is 25.2. The molecule has 0 fully saturated rings. The van der Waals surface area contributed by atoms with E-state index in [1.165, 1.54) is 23.9 Å². The van der Waals surface area contributed by atoms with Gasteiger partial charge < -0.3 is 5.32 Å². The van der Waals surface area contributed by atoms with E-state index in [9.17, 15) is 14.9 Å². The van der Waals surface area contributed by atoms with Crippen LogP contribution in [0.3, 0.4) is 0 Å². The molecular formula is C12H14N6O3S. The van der Waals surface area contributed by atoms with Crippen LogP contribution in [-0.2, 0) is 4.79 Å². The number of carbonyl (C=O) groups excluding carboxylic acids is 1. The molecule has 10 heteroatoms. The number of benzene rings is 1. The van der Waals surface area contributed by atoms with Gasteiger partial charge in [0, 0.05) is 6.07 Å². The number of nitrogens with one attached hydrogen (secondary N) is 1. The second kappa shape index (κ2) is 6.98. The van der Waals surface area contributed by atoms with Crippen LogP contribution < -0.4 is 5.32 Å². The second-order valence-corrected chi connectivity index (χ2v) is 5.55. The highest BCUT2D eigenvalue weighted by molar-refractivity contribution is 7.99. The predicted molar refractivity (Wildman–Crippen MR) is 80.7 cm³/mol. The molecule has 0 spiro atoms. The fraction of sp³-hybridized carbons (Fsp3) is 0.333. The highest BCUT2D eigenvalue weighted by atomic mass is 32.2. The Morgan fingerprint density at radius 2 is 2.18 bits per heavy atom. The summed E-state index contributed by atoms with van der Waals surface area (Å²) < 4.78 is 1.60. The Morgan fingerprint density at radius 3 is 2.86 bits per heavy atom. The fourth-order valence-electron chi connectivity index (χ4n) is 1.66. The number of anilines is 1. The van der Waals surface area contributed by atoms with Crippen molar-refractivity contribution in [2.24, 2.45) is 0 Å². The average molecular weight is 322 g/mol. The Labute approximate surface area is 130 Å². The molecule has 1 aromatic heterocycles. The van der Waals surface area contributed by atoms with E-state index in [1.54, 1.807) is 16.8 Å². The highest BCUT2D eigenvalue weighted by Crippen LogP contribution is 2.24. The summed E-state index contributed by atoms with van der Waals surface area (Å²) in [7, 11) is 0. The Kier molecular flexibility index (Phi) is 5.04. The number of nitro groups is 1. The van der Waals surface area contributed by atoms with Crippen molar-refractivity contribution in [2.45, 2.75) is 25.0 Å². The monoisotopic (exact) mass is 322 g/mol. The quantitative estimate of drug-likeness (QED) is 0.490. The van der Waals surface area contributed by atoms with E-state index < -0.39 is 4.92 Å². The van der Waals surface area contributed by atoms with Gasteiger partial charge in [0.15, 0.2) is 0 Å². The van der Waals surface area contributed by atoms with Crippen molar-refractivity contribution in [3.8, 4) is 0 Å². The van der Waals surface area contributed by atoms with Gasteiger partial charge in [-0.25, -0.2) is 4.68 Å². The van der Waals surface area contributed by atoms with E-state index in [2.05, 4.69) is 20.8 Å². The maximum absolute atomic E-state index is 11.9. The van der Waals surface area contributed by atoms with Gasteiger partial charge in [0.25, 0.3) is 5.69 Å². The molecule has 0 unspecified atom stereocenters. The summed E-state index contributed by atoms with van der Waals surface area (Å²) >= 11 is 1.17. The van der Waals surface area contributed by atoms with E-state index in [4.69, 9.17) is 0 Å². The Balaban J connectivity index is 1.99. The number of rotatable bonds is 6. The van der Waals surface area contributed by atoms with E-state index in [0.29, 0.717) is 5.16 Å². The lowest BCUT2D eigenvalue weighted by Gasteiger charge is -2.07. The molecule has 0 aliphatic rings. The largest absolute Gasteiger partial charge is 0.320 e. The van der Waals surface area contributed by atoms with Gasteiger partial charge in [-0.2, -0.15) is 0 Å². The Bertz CT molecular complexity index is 687. The van der Waals surface area contributed by atoms with Crippen molar-refractivity contribution < 1.29 is 9.72 Å². The van der Waals surface area contributed by atoms with Crippen LogP contribution in [0.15, 0.2) is 29.4 Å². The third-order valence-corrected chi connectivity index (χ3v) is 3.59. The van der Waals surface area contributed by atoms with Crippen molar-refractivity contribution in [3.05, 3.63) is 34.4 Å². The first-order valence-electron chi connectivity index (χ1n) is 6.43. The predicted octanol–water partition coefficient (Wildman–Crippen LogP) is 1.89. The van der Waals surface area contributed by atoms with Crippen LogP contribution in [0.4, 0.5) is 11.4 Å². The number of para-hydroxylation sites is 2. The van der Waals surface area contributed by atoms with E-state index in [0.717, 1.165) is 0 Å². The number of aromatic nitrogens is 4. The van der Waals surface area contributed by atoms with Crippen molar-refractivity contribution >= 4 is 29.0 Å². The molecular weight excluding hydrogens is 308 g/mol. The molecule has 0 atom stereocenters. The van der Waals surface area contributed by atoms with E-state index in [-0.39, 0.29) is 29.1 Å². The van der Waals surface area contributed by atoms with Crippen molar-refractivity contribution in [2.75, 3.05) is 11.1 Å². The second-order valence-electron chi connectivity index (χ2n) is 4.61. The molecule has 2 aromatic rings. The molecule has 0 aliphatic heterocycles. The number of carbonyl (C=O) groups is 1. The van der Waals surface area contributed by atoms with Crippen LogP contribution in [0.2, 0.25) is 0 Å². The topological polar surface area (TPSA) is 116 Å². The van der Waals surface area contributed by atoms with Crippen LogP contribution in [0.25, 0.3) is 0 Å². The lowest BCUT2D eigenvalue weighted by molar-refractivity contribution is -0.383. The van der Waals surface area contributed by atoms with Crippen molar-refractivity contribution in [1.29, 1.82) is 0 Å². The van der Waals surface area contributed by atoms with Gasteiger partial charge in [-0.3, -0.25) is 14.9 Å². The highest BCUT2D eigenvalue weighted by Gasteiger charge is 2.16. The molecule has 22 heavy (non-hydrogen) atoms. The number of hydrogen-bond acceptors (Lipinski definition) is 7. The van der Waals surface area contributed by atoms with Crippen LogP contribution in [0.1, 0.15) is 19.9 Å². The minimum atomic E-state index is -0.540. The normalized spacial score (nSPS) is 10.7. The summed E-state index contributed by atoms with van der Waals surface area (Å²) in [5.41, 5.74) is 0.0226. The zero-order valence-electron chi connectivity index (χ0n) is 12.0. The van der Waals surface area contributed by atoms with Gasteiger partial charge >= 0.3 is 0 Å². The minimum absolute atomic E-state index is 0.0547. The standard InChI is InChI=1S/C12H14N6O3S/c1-8(2)17-12(14-15-16-17)22-7-11(19)13-9-5-3-4-6-10(9)18(20)21/h3-6,8H,7H2,1-2H3,(H,13,19). The summed E-state index contributed by atoms with van der Waals surface area (Å²) in [6, 6.07) is 6.06.